The third-order valence-corrected chi connectivity index (χ3v) is 4.13. The molecule has 0 bridgehead atoms. The molecule has 3 atom stereocenters. The minimum Gasteiger partial charge on any atom is -0.481 e. The lowest BCUT2D eigenvalue weighted by molar-refractivity contribution is -0.147. The van der Waals surface area contributed by atoms with E-state index in [-0.39, 0.29) is 5.75 Å². The second-order valence-electron chi connectivity index (χ2n) is 5.00. The van der Waals surface area contributed by atoms with Gasteiger partial charge in [-0.15, -0.1) is 0 Å². The number of hydrogen-bond donors (Lipinski definition) is 2. The Morgan fingerprint density at radius 3 is 2.32 bits per heavy atom. The quantitative estimate of drug-likeness (QED) is 0.704. The topological polar surface area (TPSA) is 101 Å². The predicted molar refractivity (Wildman–Crippen MR) is 70.3 cm³/mol. The van der Waals surface area contributed by atoms with Gasteiger partial charge in [-0.1, -0.05) is 12.2 Å². The van der Waals surface area contributed by atoms with Gasteiger partial charge in [-0.2, -0.15) is 0 Å². The molecule has 1 aliphatic carbocycles. The highest BCUT2D eigenvalue weighted by Crippen LogP contribution is 2.26. The van der Waals surface area contributed by atoms with E-state index in [1.807, 2.05) is 0 Å². The molecule has 2 N–H and O–H groups in total. The molecule has 6 nitrogen and oxygen atoms in total. The first-order valence-corrected chi connectivity index (χ1v) is 8.12. The molecule has 0 aromatic heterocycles. The summed E-state index contributed by atoms with van der Waals surface area (Å²) in [4.78, 5) is 23.1. The third-order valence-electron chi connectivity index (χ3n) is 3.03. The van der Waals surface area contributed by atoms with Gasteiger partial charge in [-0.3, -0.25) is 9.59 Å². The van der Waals surface area contributed by atoms with Crippen LogP contribution in [0.15, 0.2) is 12.2 Å². The molecule has 1 rings (SSSR count). The molecule has 1 aliphatic rings. The molecule has 0 saturated heterocycles. The summed E-state index contributed by atoms with van der Waals surface area (Å²) < 4.78 is 22.2. The fourth-order valence-corrected chi connectivity index (χ4v) is 3.21. The van der Waals surface area contributed by atoms with Crippen LogP contribution in [0.25, 0.3) is 0 Å². The monoisotopic (exact) mass is 289 g/mol. The fourth-order valence-electron chi connectivity index (χ4n) is 2.22. The van der Waals surface area contributed by atoms with Crippen LogP contribution in [-0.2, 0) is 19.4 Å². The van der Waals surface area contributed by atoms with Crippen LogP contribution in [0, 0.1) is 11.8 Å². The maximum Gasteiger partial charge on any atom is 0.307 e. The Hall–Kier alpha value is -1.37. The molecule has 19 heavy (non-hydrogen) atoms. The van der Waals surface area contributed by atoms with Gasteiger partial charge in [0.1, 0.15) is 9.84 Å². The first-order valence-electron chi connectivity index (χ1n) is 6.06. The zero-order valence-electron chi connectivity index (χ0n) is 11.0. The van der Waals surface area contributed by atoms with Gasteiger partial charge in [-0.25, -0.2) is 8.42 Å². The van der Waals surface area contributed by atoms with Crippen molar-refractivity contribution in [2.45, 2.75) is 25.8 Å². The highest BCUT2D eigenvalue weighted by Gasteiger charge is 2.34. The lowest BCUT2D eigenvalue weighted by Crippen LogP contribution is -2.44. The Bertz CT molecular complexity index is 482. The van der Waals surface area contributed by atoms with Crippen LogP contribution in [0.4, 0.5) is 0 Å². The number of allylic oxidation sites excluding steroid dienone is 2. The van der Waals surface area contributed by atoms with Crippen molar-refractivity contribution in [2.24, 2.45) is 11.8 Å². The van der Waals surface area contributed by atoms with E-state index in [1.54, 1.807) is 19.1 Å². The van der Waals surface area contributed by atoms with Gasteiger partial charge in [-0.05, 0) is 19.8 Å². The number of nitrogens with one attached hydrogen (secondary N) is 1. The van der Waals surface area contributed by atoms with Crippen molar-refractivity contribution in [3.63, 3.8) is 0 Å². The van der Waals surface area contributed by atoms with Crippen LogP contribution < -0.4 is 5.32 Å². The normalized spacial score (nSPS) is 24.7. The van der Waals surface area contributed by atoms with Gasteiger partial charge in [0.05, 0.1) is 17.6 Å². The van der Waals surface area contributed by atoms with Gasteiger partial charge in [0.25, 0.3) is 0 Å². The molecule has 0 radical (unpaired) electrons. The molecule has 0 fully saturated rings. The summed E-state index contributed by atoms with van der Waals surface area (Å²) in [5.74, 6) is -2.92. The molecule has 0 saturated carbocycles. The molecule has 0 aliphatic heterocycles. The molecule has 0 aromatic carbocycles. The SMILES string of the molecule is CC(CS(C)(=O)=O)NC(=O)[C@@H]1CC=CC[C@@H]1C(=O)O. The van der Waals surface area contributed by atoms with Crippen molar-refractivity contribution in [3.8, 4) is 0 Å². The first-order chi connectivity index (χ1) is 8.70. The van der Waals surface area contributed by atoms with Crippen molar-refractivity contribution in [3.05, 3.63) is 12.2 Å². The second-order valence-corrected chi connectivity index (χ2v) is 7.18. The minimum atomic E-state index is -3.17. The number of carbonyl (C=O) groups excluding carboxylic acids is 1. The van der Waals surface area contributed by atoms with Crippen molar-refractivity contribution < 1.29 is 23.1 Å². The minimum absolute atomic E-state index is 0.154. The van der Waals surface area contributed by atoms with E-state index in [1.165, 1.54) is 0 Å². The van der Waals surface area contributed by atoms with Crippen molar-refractivity contribution in [1.82, 2.24) is 5.32 Å². The average Bonchev–Trinajstić information content (AvgIpc) is 2.26. The van der Waals surface area contributed by atoms with Gasteiger partial charge in [0.15, 0.2) is 0 Å². The second kappa shape index (κ2) is 6.18. The number of carboxylic acid groups (broad SMARTS) is 1. The van der Waals surface area contributed by atoms with Crippen LogP contribution in [-0.4, -0.2) is 43.5 Å². The summed E-state index contributed by atoms with van der Waals surface area (Å²) in [5, 5.41) is 11.6. The zero-order chi connectivity index (χ0) is 14.6. The fraction of sp³-hybridized carbons (Fsp3) is 0.667. The molecule has 1 amide bonds. The Labute approximate surface area is 112 Å². The lowest BCUT2D eigenvalue weighted by Gasteiger charge is -2.25. The summed E-state index contributed by atoms with van der Waals surface area (Å²) in [5.41, 5.74) is 0. The van der Waals surface area contributed by atoms with Crippen molar-refractivity contribution in [2.75, 3.05) is 12.0 Å². The average molecular weight is 289 g/mol. The molecule has 0 spiro atoms. The van der Waals surface area contributed by atoms with E-state index in [2.05, 4.69) is 5.32 Å². The van der Waals surface area contributed by atoms with E-state index in [9.17, 15) is 18.0 Å². The smallest absolute Gasteiger partial charge is 0.307 e. The number of aliphatic carboxylic acids is 1. The molecule has 7 heteroatoms. The summed E-state index contributed by atoms with van der Waals surface area (Å²) >= 11 is 0. The number of rotatable bonds is 5. The van der Waals surface area contributed by atoms with E-state index >= 15 is 0 Å². The Morgan fingerprint density at radius 2 is 1.84 bits per heavy atom. The van der Waals surface area contributed by atoms with Crippen LogP contribution in [0.5, 0.6) is 0 Å². The van der Waals surface area contributed by atoms with E-state index in [0.29, 0.717) is 12.8 Å². The Balaban J connectivity index is 2.66. The number of carbonyl (C=O) groups is 2. The number of carboxylic acids is 1. The highest BCUT2D eigenvalue weighted by molar-refractivity contribution is 7.90. The number of hydrogen-bond acceptors (Lipinski definition) is 4. The number of amides is 1. The summed E-state index contributed by atoms with van der Waals surface area (Å²) in [7, 11) is -3.17. The van der Waals surface area contributed by atoms with Crippen LogP contribution >= 0.6 is 0 Å². The van der Waals surface area contributed by atoms with Gasteiger partial charge >= 0.3 is 5.97 Å². The number of sulfone groups is 1. The van der Waals surface area contributed by atoms with Crippen molar-refractivity contribution >= 4 is 21.7 Å². The Kier molecular flexibility index (Phi) is 5.11. The molecule has 1 unspecified atom stereocenters. The van der Waals surface area contributed by atoms with Crippen LogP contribution in [0.3, 0.4) is 0 Å². The highest BCUT2D eigenvalue weighted by atomic mass is 32.2. The first kappa shape index (κ1) is 15.7. The maximum absolute atomic E-state index is 12.0. The molecular formula is C12H19NO5S. The largest absolute Gasteiger partial charge is 0.481 e. The molecule has 108 valence electrons. The standard InChI is InChI=1S/C12H19NO5S/c1-8(7-19(2,17)18)13-11(14)9-5-3-4-6-10(9)12(15)16/h3-4,8-10H,5-7H2,1-2H3,(H,13,14)(H,15,16)/t8?,9-,10+/m1/s1. The lowest BCUT2D eigenvalue weighted by atomic mass is 9.82. The predicted octanol–water partition coefficient (Wildman–Crippen LogP) is 0.203. The van der Waals surface area contributed by atoms with Gasteiger partial charge in [0.2, 0.25) is 5.91 Å². The van der Waals surface area contributed by atoms with Gasteiger partial charge < -0.3 is 10.4 Å². The maximum atomic E-state index is 12.0. The van der Waals surface area contributed by atoms with Crippen molar-refractivity contribution in [1.29, 1.82) is 0 Å². The summed E-state index contributed by atoms with van der Waals surface area (Å²) in [6.45, 7) is 1.59. The van der Waals surface area contributed by atoms with Crippen LogP contribution in [0.2, 0.25) is 0 Å². The Morgan fingerprint density at radius 1 is 1.32 bits per heavy atom. The van der Waals surface area contributed by atoms with E-state index < -0.39 is 39.6 Å². The third kappa shape index (κ3) is 5.02. The molecular weight excluding hydrogens is 270 g/mol. The molecule has 0 heterocycles. The van der Waals surface area contributed by atoms with E-state index in [4.69, 9.17) is 5.11 Å². The summed E-state index contributed by atoms with van der Waals surface area (Å²) in [6.07, 6.45) is 5.33. The zero-order valence-corrected chi connectivity index (χ0v) is 11.8. The summed E-state index contributed by atoms with van der Waals surface area (Å²) in [6, 6.07) is -0.525. The van der Waals surface area contributed by atoms with Gasteiger partial charge in [0, 0.05) is 12.3 Å². The van der Waals surface area contributed by atoms with Crippen LogP contribution in [0.1, 0.15) is 19.8 Å². The van der Waals surface area contributed by atoms with E-state index in [0.717, 1.165) is 6.26 Å². The molecule has 0 aromatic rings.